The minimum atomic E-state index is -1.83. The number of methoxy groups -OCH3 is 2. The molecule has 1 N–H and O–H groups in total. The lowest BCUT2D eigenvalue weighted by atomic mass is 10.3. The fraction of sp³-hybridized carbons (Fsp3) is 0.714. The van der Waals surface area contributed by atoms with Crippen LogP contribution in [0.3, 0.4) is 0 Å². The molecular formula is C7H12O9. The Morgan fingerprint density at radius 3 is 2.38 bits per heavy atom. The van der Waals surface area contributed by atoms with Crippen molar-refractivity contribution in [3.63, 3.8) is 0 Å². The fourth-order valence-electron chi connectivity index (χ4n) is 0.584. The molecule has 0 fully saturated rings. The van der Waals surface area contributed by atoms with E-state index in [1.807, 2.05) is 0 Å². The second-order valence-electron chi connectivity index (χ2n) is 2.62. The van der Waals surface area contributed by atoms with Gasteiger partial charge in [0.05, 0.1) is 0 Å². The van der Waals surface area contributed by atoms with Crippen LogP contribution >= 0.6 is 0 Å². The zero-order valence-corrected chi connectivity index (χ0v) is 8.92. The van der Waals surface area contributed by atoms with E-state index in [0.29, 0.717) is 0 Å². The van der Waals surface area contributed by atoms with E-state index in [0.717, 1.165) is 0 Å². The largest absolute Gasteiger partial charge is 0.553 e. The van der Waals surface area contributed by atoms with Gasteiger partial charge >= 0.3 is 12.3 Å². The molecule has 0 aromatic rings. The van der Waals surface area contributed by atoms with Gasteiger partial charge in [0.1, 0.15) is 6.61 Å². The van der Waals surface area contributed by atoms with Crippen LogP contribution in [0, 0.1) is 0 Å². The van der Waals surface area contributed by atoms with Crippen LogP contribution in [0.2, 0.25) is 0 Å². The van der Waals surface area contributed by atoms with Crippen molar-refractivity contribution in [2.24, 2.45) is 0 Å². The van der Waals surface area contributed by atoms with E-state index >= 15 is 0 Å². The first-order chi connectivity index (χ1) is 7.43. The van der Waals surface area contributed by atoms with E-state index in [-0.39, 0.29) is 6.61 Å². The van der Waals surface area contributed by atoms with Crippen molar-refractivity contribution < 1.29 is 43.7 Å². The molecule has 94 valence electrons. The second-order valence-corrected chi connectivity index (χ2v) is 2.62. The standard InChI is InChI=1S/C7H12O9/c1-7(12-3,4-11-2)15-16-14-6(10)13-5(8)9/h4H2,1-3H3,(H,8,9). The maximum Gasteiger partial charge on any atom is 0.553 e. The predicted octanol–water partition coefficient (Wildman–Crippen LogP) is 0.690. The number of ether oxygens (including phenoxy) is 3. The molecule has 9 heteroatoms. The summed E-state index contributed by atoms with van der Waals surface area (Å²) in [5.41, 5.74) is 0. The van der Waals surface area contributed by atoms with Crippen LogP contribution in [0.5, 0.6) is 0 Å². The summed E-state index contributed by atoms with van der Waals surface area (Å²) in [6.07, 6.45) is -3.43. The summed E-state index contributed by atoms with van der Waals surface area (Å²) in [5.74, 6) is -1.31. The molecular weight excluding hydrogens is 228 g/mol. The topological polar surface area (TPSA) is 110 Å². The molecule has 0 aromatic heterocycles. The van der Waals surface area contributed by atoms with E-state index in [4.69, 9.17) is 14.6 Å². The zero-order chi connectivity index (χ0) is 12.6. The third-order valence-electron chi connectivity index (χ3n) is 1.32. The molecule has 0 rings (SSSR count). The molecule has 0 bridgehead atoms. The number of hydrogen-bond acceptors (Lipinski definition) is 8. The highest BCUT2D eigenvalue weighted by Crippen LogP contribution is 2.12. The van der Waals surface area contributed by atoms with Gasteiger partial charge in [-0.15, -0.1) is 0 Å². The molecule has 0 saturated heterocycles. The summed E-state index contributed by atoms with van der Waals surface area (Å²) >= 11 is 0. The molecule has 0 aliphatic rings. The van der Waals surface area contributed by atoms with Crippen molar-refractivity contribution >= 4 is 12.3 Å². The molecule has 0 aliphatic carbocycles. The van der Waals surface area contributed by atoms with Crippen LogP contribution in [0.25, 0.3) is 0 Å². The SMILES string of the molecule is COCC(C)(OC)OOOC(=O)OC(=O)O. The van der Waals surface area contributed by atoms with Gasteiger partial charge in [0.15, 0.2) is 0 Å². The van der Waals surface area contributed by atoms with Crippen LogP contribution in [0.15, 0.2) is 0 Å². The smallest absolute Gasteiger partial charge is 0.449 e. The minimum absolute atomic E-state index is 0.0131. The van der Waals surface area contributed by atoms with Gasteiger partial charge in [0, 0.05) is 14.2 Å². The molecule has 0 heterocycles. The van der Waals surface area contributed by atoms with E-state index in [1.165, 1.54) is 21.1 Å². The molecule has 0 aliphatic heterocycles. The number of carbonyl (C=O) groups excluding carboxylic acids is 1. The van der Waals surface area contributed by atoms with Gasteiger partial charge in [-0.1, -0.05) is 0 Å². The molecule has 0 radical (unpaired) electrons. The van der Waals surface area contributed by atoms with Crippen molar-refractivity contribution in [1.29, 1.82) is 0 Å². The summed E-state index contributed by atoms with van der Waals surface area (Å²) in [6.45, 7) is 1.42. The third-order valence-corrected chi connectivity index (χ3v) is 1.32. The molecule has 0 aromatic carbocycles. The van der Waals surface area contributed by atoms with Gasteiger partial charge < -0.3 is 19.3 Å². The van der Waals surface area contributed by atoms with Gasteiger partial charge in [0.25, 0.3) is 0 Å². The Kier molecular flexibility index (Phi) is 6.34. The highest BCUT2D eigenvalue weighted by Gasteiger charge is 2.28. The monoisotopic (exact) mass is 240 g/mol. The Morgan fingerprint density at radius 1 is 1.31 bits per heavy atom. The molecule has 9 nitrogen and oxygen atoms in total. The highest BCUT2D eigenvalue weighted by atomic mass is 17.5. The lowest BCUT2D eigenvalue weighted by molar-refractivity contribution is -0.549. The van der Waals surface area contributed by atoms with Gasteiger partial charge in [-0.3, -0.25) is 0 Å². The van der Waals surface area contributed by atoms with Gasteiger partial charge in [0.2, 0.25) is 5.79 Å². The van der Waals surface area contributed by atoms with Crippen LogP contribution < -0.4 is 0 Å². The first-order valence-corrected chi connectivity index (χ1v) is 3.94. The lowest BCUT2D eigenvalue weighted by Gasteiger charge is -2.23. The first-order valence-electron chi connectivity index (χ1n) is 3.94. The summed E-state index contributed by atoms with van der Waals surface area (Å²) < 4.78 is 13.1. The first kappa shape index (κ1) is 14.6. The Bertz CT molecular complexity index is 240. The molecule has 1 atom stereocenters. The highest BCUT2D eigenvalue weighted by molar-refractivity contribution is 5.75. The van der Waals surface area contributed by atoms with E-state index < -0.39 is 18.1 Å². The molecule has 1 unspecified atom stereocenters. The van der Waals surface area contributed by atoms with Crippen molar-refractivity contribution in [1.82, 2.24) is 0 Å². The van der Waals surface area contributed by atoms with Crippen molar-refractivity contribution in [2.75, 3.05) is 20.8 Å². The molecule has 0 saturated carbocycles. The van der Waals surface area contributed by atoms with Crippen LogP contribution in [0.1, 0.15) is 6.92 Å². The summed E-state index contributed by atoms with van der Waals surface area (Å²) in [4.78, 5) is 28.7. The van der Waals surface area contributed by atoms with E-state index in [1.54, 1.807) is 0 Å². The van der Waals surface area contributed by atoms with Crippen molar-refractivity contribution in [3.05, 3.63) is 0 Å². The Hall–Kier alpha value is -1.42. The third kappa shape index (κ3) is 6.14. The van der Waals surface area contributed by atoms with Crippen molar-refractivity contribution in [2.45, 2.75) is 12.7 Å². The van der Waals surface area contributed by atoms with Crippen LogP contribution in [0.4, 0.5) is 9.59 Å². The number of carbonyl (C=O) groups is 2. The van der Waals surface area contributed by atoms with Gasteiger partial charge in [-0.05, 0) is 12.0 Å². The van der Waals surface area contributed by atoms with Gasteiger partial charge in [-0.2, -0.15) is 9.68 Å². The maximum atomic E-state index is 10.5. The van der Waals surface area contributed by atoms with Crippen LogP contribution in [-0.4, -0.2) is 44.0 Å². The minimum Gasteiger partial charge on any atom is -0.449 e. The number of rotatable bonds is 6. The maximum absolute atomic E-state index is 10.5. The van der Waals surface area contributed by atoms with Crippen LogP contribution in [-0.2, 0) is 29.0 Å². The Labute approximate surface area is 90.6 Å². The molecule has 0 amide bonds. The normalized spacial score (nSPS) is 13.9. The second kappa shape index (κ2) is 6.95. The number of carboxylic acid groups (broad SMARTS) is 1. The van der Waals surface area contributed by atoms with E-state index in [9.17, 15) is 9.59 Å². The summed E-state index contributed by atoms with van der Waals surface area (Å²) in [6, 6.07) is 0. The average Bonchev–Trinajstić information content (AvgIpc) is 2.17. The summed E-state index contributed by atoms with van der Waals surface area (Å²) in [5, 5.41) is 12.0. The fourth-order valence-corrected chi connectivity index (χ4v) is 0.584. The molecule has 16 heavy (non-hydrogen) atoms. The van der Waals surface area contributed by atoms with Crippen molar-refractivity contribution in [3.8, 4) is 0 Å². The average molecular weight is 240 g/mol. The molecule has 0 spiro atoms. The van der Waals surface area contributed by atoms with E-state index in [2.05, 4.69) is 19.6 Å². The Balaban J connectivity index is 3.86. The number of hydrogen-bond donors (Lipinski definition) is 1. The lowest BCUT2D eigenvalue weighted by Crippen LogP contribution is -2.36. The summed E-state index contributed by atoms with van der Waals surface area (Å²) in [7, 11) is 2.69. The van der Waals surface area contributed by atoms with Gasteiger partial charge in [-0.25, -0.2) is 9.68 Å². The quantitative estimate of drug-likeness (QED) is 0.235. The predicted molar refractivity (Wildman–Crippen MR) is 45.1 cm³/mol. The zero-order valence-electron chi connectivity index (χ0n) is 8.92. The Morgan fingerprint density at radius 2 is 1.94 bits per heavy atom.